The van der Waals surface area contributed by atoms with Crippen molar-refractivity contribution < 1.29 is 17.9 Å². The van der Waals surface area contributed by atoms with E-state index in [-0.39, 0.29) is 18.1 Å². The average molecular weight is 287 g/mol. The van der Waals surface area contributed by atoms with Gasteiger partial charge in [0.15, 0.2) is 0 Å². The van der Waals surface area contributed by atoms with Crippen LogP contribution in [0.15, 0.2) is 12.5 Å². The van der Waals surface area contributed by atoms with Crippen molar-refractivity contribution >= 4 is 16.0 Å². The van der Waals surface area contributed by atoms with Crippen LogP contribution in [0, 0.1) is 5.92 Å². The first kappa shape index (κ1) is 14.0. The average Bonchev–Trinajstić information content (AvgIpc) is 2.99. The minimum absolute atomic E-state index is 0.0729. The van der Waals surface area contributed by atoms with E-state index in [0.29, 0.717) is 5.69 Å². The molecule has 8 heteroatoms. The molecule has 1 aliphatic rings. The van der Waals surface area contributed by atoms with E-state index in [2.05, 4.69) is 19.4 Å². The van der Waals surface area contributed by atoms with Crippen LogP contribution < -0.4 is 4.72 Å². The Kier molecular flexibility index (Phi) is 4.20. The number of hydrogen-bond acceptors (Lipinski definition) is 5. The van der Waals surface area contributed by atoms with E-state index in [9.17, 15) is 13.2 Å². The number of hydrogen-bond donors (Lipinski definition) is 2. The molecule has 19 heavy (non-hydrogen) atoms. The molecule has 1 saturated carbocycles. The van der Waals surface area contributed by atoms with Crippen LogP contribution in [-0.2, 0) is 26.0 Å². The van der Waals surface area contributed by atoms with Gasteiger partial charge < -0.3 is 9.72 Å². The zero-order valence-corrected chi connectivity index (χ0v) is 11.4. The fourth-order valence-corrected chi connectivity index (χ4v) is 3.45. The normalized spacial score (nSPS) is 17.1. The standard InChI is InChI=1S/C11H17N3O4S/c1-18-11(15)10(4-9-5-12-7-13-9)14-19(16,17)6-8-2-3-8/h5,7-8,10,14H,2-4,6H2,1H3,(H,12,13)/t10-/m0/s1. The molecule has 2 N–H and O–H groups in total. The summed E-state index contributed by atoms with van der Waals surface area (Å²) in [6.45, 7) is 0. The summed E-state index contributed by atoms with van der Waals surface area (Å²) in [6.07, 6.45) is 5.08. The van der Waals surface area contributed by atoms with Crippen molar-refractivity contribution in [1.82, 2.24) is 14.7 Å². The summed E-state index contributed by atoms with van der Waals surface area (Å²) in [5.74, 6) is -0.305. The Morgan fingerprint density at radius 3 is 2.89 bits per heavy atom. The van der Waals surface area contributed by atoms with Crippen LogP contribution in [0.5, 0.6) is 0 Å². The largest absolute Gasteiger partial charge is 0.468 e. The number of aromatic amines is 1. The fourth-order valence-electron chi connectivity index (χ4n) is 1.79. The molecular weight excluding hydrogens is 270 g/mol. The molecule has 1 aromatic heterocycles. The van der Waals surface area contributed by atoms with E-state index >= 15 is 0 Å². The van der Waals surface area contributed by atoms with E-state index in [1.807, 2.05) is 0 Å². The highest BCUT2D eigenvalue weighted by molar-refractivity contribution is 7.89. The molecular formula is C11H17N3O4S. The fraction of sp³-hybridized carbons (Fsp3) is 0.636. The monoisotopic (exact) mass is 287 g/mol. The molecule has 1 fully saturated rings. The quantitative estimate of drug-likeness (QED) is 0.678. The molecule has 0 aromatic carbocycles. The lowest BCUT2D eigenvalue weighted by Crippen LogP contribution is -2.44. The summed E-state index contributed by atoms with van der Waals surface area (Å²) in [4.78, 5) is 18.3. The molecule has 0 spiro atoms. The van der Waals surface area contributed by atoms with Crippen molar-refractivity contribution in [2.75, 3.05) is 12.9 Å². The van der Waals surface area contributed by atoms with Gasteiger partial charge in [0.2, 0.25) is 10.0 Å². The summed E-state index contributed by atoms with van der Waals surface area (Å²) in [5, 5.41) is 0. The number of methoxy groups -OCH3 is 1. The number of H-pyrrole nitrogens is 1. The third-order valence-corrected chi connectivity index (χ3v) is 4.49. The molecule has 0 bridgehead atoms. The summed E-state index contributed by atoms with van der Waals surface area (Å²) < 4.78 is 30.8. The van der Waals surface area contributed by atoms with Gasteiger partial charge in [0, 0.05) is 18.3 Å². The van der Waals surface area contributed by atoms with Gasteiger partial charge in [-0.15, -0.1) is 0 Å². The zero-order valence-electron chi connectivity index (χ0n) is 10.6. The summed E-state index contributed by atoms with van der Waals surface area (Å²) in [5.41, 5.74) is 0.671. The van der Waals surface area contributed by atoms with Gasteiger partial charge in [0.25, 0.3) is 0 Å². The molecule has 0 aliphatic heterocycles. The van der Waals surface area contributed by atoms with Gasteiger partial charge in [-0.3, -0.25) is 4.79 Å². The maximum atomic E-state index is 11.9. The van der Waals surface area contributed by atoms with Crippen molar-refractivity contribution in [3.63, 3.8) is 0 Å². The number of nitrogens with zero attached hydrogens (tertiary/aromatic N) is 1. The van der Waals surface area contributed by atoms with E-state index < -0.39 is 22.0 Å². The van der Waals surface area contributed by atoms with E-state index in [4.69, 9.17) is 0 Å². The van der Waals surface area contributed by atoms with Gasteiger partial charge in [-0.2, -0.15) is 0 Å². The van der Waals surface area contributed by atoms with E-state index in [0.717, 1.165) is 12.8 Å². The Morgan fingerprint density at radius 2 is 2.37 bits per heavy atom. The highest BCUT2D eigenvalue weighted by Crippen LogP contribution is 2.30. The highest BCUT2D eigenvalue weighted by atomic mass is 32.2. The second-order valence-electron chi connectivity index (χ2n) is 4.70. The molecule has 0 radical (unpaired) electrons. The number of imidazole rings is 1. The minimum Gasteiger partial charge on any atom is -0.468 e. The number of aromatic nitrogens is 2. The summed E-state index contributed by atoms with van der Waals surface area (Å²) >= 11 is 0. The number of carbonyl (C=O) groups is 1. The van der Waals surface area contributed by atoms with Crippen LogP contribution in [0.3, 0.4) is 0 Å². The number of nitrogens with one attached hydrogen (secondary N) is 2. The number of sulfonamides is 1. The predicted molar refractivity (Wildman–Crippen MR) is 67.7 cm³/mol. The molecule has 1 heterocycles. The Hall–Kier alpha value is -1.41. The first-order valence-electron chi connectivity index (χ1n) is 6.05. The van der Waals surface area contributed by atoms with Crippen LogP contribution in [0.25, 0.3) is 0 Å². The maximum absolute atomic E-state index is 11.9. The molecule has 1 aliphatic carbocycles. The van der Waals surface area contributed by atoms with Crippen LogP contribution in [0.1, 0.15) is 18.5 Å². The SMILES string of the molecule is COC(=O)[C@H](Cc1cnc[nH]1)NS(=O)(=O)CC1CC1. The lowest BCUT2D eigenvalue weighted by atomic mass is 10.2. The first-order valence-corrected chi connectivity index (χ1v) is 7.70. The second kappa shape index (κ2) is 5.70. The highest BCUT2D eigenvalue weighted by Gasteiger charge is 2.31. The molecule has 1 aromatic rings. The van der Waals surface area contributed by atoms with E-state index in [1.165, 1.54) is 13.4 Å². The second-order valence-corrected chi connectivity index (χ2v) is 6.50. The molecule has 7 nitrogen and oxygen atoms in total. The maximum Gasteiger partial charge on any atom is 0.324 e. The van der Waals surface area contributed by atoms with E-state index in [1.54, 1.807) is 6.20 Å². The number of carbonyl (C=O) groups excluding carboxylic acids is 1. The molecule has 0 saturated heterocycles. The lowest BCUT2D eigenvalue weighted by Gasteiger charge is -2.15. The van der Waals surface area contributed by atoms with Gasteiger partial charge in [-0.1, -0.05) is 0 Å². The van der Waals surface area contributed by atoms with Gasteiger partial charge in [0.05, 0.1) is 19.2 Å². The third-order valence-electron chi connectivity index (χ3n) is 2.94. The van der Waals surface area contributed by atoms with Crippen LogP contribution in [0.4, 0.5) is 0 Å². The Morgan fingerprint density at radius 1 is 1.63 bits per heavy atom. The summed E-state index contributed by atoms with van der Waals surface area (Å²) in [6, 6.07) is -0.922. The smallest absolute Gasteiger partial charge is 0.324 e. The van der Waals surface area contributed by atoms with Crippen LogP contribution in [-0.4, -0.2) is 43.3 Å². The molecule has 2 rings (SSSR count). The minimum atomic E-state index is -3.46. The third kappa shape index (κ3) is 4.32. The van der Waals surface area contributed by atoms with Crippen molar-refractivity contribution in [1.29, 1.82) is 0 Å². The van der Waals surface area contributed by atoms with Crippen molar-refractivity contribution in [3.8, 4) is 0 Å². The van der Waals surface area contributed by atoms with Crippen molar-refractivity contribution in [2.24, 2.45) is 5.92 Å². The van der Waals surface area contributed by atoms with Crippen molar-refractivity contribution in [2.45, 2.75) is 25.3 Å². The zero-order chi connectivity index (χ0) is 13.9. The molecule has 1 atom stereocenters. The van der Waals surface area contributed by atoms with Crippen molar-refractivity contribution in [3.05, 3.63) is 18.2 Å². The lowest BCUT2D eigenvalue weighted by molar-refractivity contribution is -0.142. The van der Waals surface area contributed by atoms with Gasteiger partial charge in [0.1, 0.15) is 6.04 Å². The van der Waals surface area contributed by atoms with Crippen LogP contribution in [0.2, 0.25) is 0 Å². The van der Waals surface area contributed by atoms with Crippen LogP contribution >= 0.6 is 0 Å². The number of esters is 1. The Labute approximate surface area is 111 Å². The number of rotatable bonds is 7. The molecule has 0 amide bonds. The Bertz CT molecular complexity index is 522. The topological polar surface area (TPSA) is 101 Å². The van der Waals surface area contributed by atoms with Gasteiger partial charge >= 0.3 is 5.97 Å². The molecule has 106 valence electrons. The van der Waals surface area contributed by atoms with Gasteiger partial charge in [-0.25, -0.2) is 18.1 Å². The number of ether oxygens (including phenoxy) is 1. The molecule has 0 unspecified atom stereocenters. The summed E-state index contributed by atoms with van der Waals surface area (Å²) in [7, 11) is -2.23. The van der Waals surface area contributed by atoms with Gasteiger partial charge in [-0.05, 0) is 18.8 Å². The predicted octanol–water partition coefficient (Wildman–Crippen LogP) is -0.177. The Balaban J connectivity index is 2.02. The first-order chi connectivity index (χ1) is 9.00.